The molecule has 4 heteroatoms. The number of hydrogen-bond acceptors (Lipinski definition) is 3. The number of pyridine rings is 1. The number of carbonyl (C=O) groups is 1. The lowest BCUT2D eigenvalue weighted by Gasteiger charge is -2.21. The molecule has 1 N–H and O–H groups in total. The molecule has 0 aliphatic rings. The van der Waals surface area contributed by atoms with Gasteiger partial charge in [-0.1, -0.05) is 44.2 Å². The Labute approximate surface area is 151 Å². The summed E-state index contributed by atoms with van der Waals surface area (Å²) in [6.07, 6.45) is 5.80. The molecule has 1 amide bonds. The first-order valence-electron chi connectivity index (χ1n) is 9.27. The number of anilines is 1. The first-order valence-corrected chi connectivity index (χ1v) is 9.27. The number of amides is 1. The molecule has 0 saturated carbocycles. The topological polar surface area (TPSA) is 45.2 Å². The number of aromatic nitrogens is 1. The second-order valence-corrected chi connectivity index (χ2v) is 6.24. The Balaban J connectivity index is 1.81. The van der Waals surface area contributed by atoms with Crippen LogP contribution in [0.4, 0.5) is 5.69 Å². The smallest absolute Gasteiger partial charge is 0.272 e. The zero-order chi connectivity index (χ0) is 17.9. The van der Waals surface area contributed by atoms with Gasteiger partial charge in [0.2, 0.25) is 0 Å². The van der Waals surface area contributed by atoms with Gasteiger partial charge in [-0.2, -0.15) is 0 Å². The first-order chi connectivity index (χ1) is 12.2. The van der Waals surface area contributed by atoms with E-state index in [-0.39, 0.29) is 5.91 Å². The number of rotatable bonds is 10. The van der Waals surface area contributed by atoms with E-state index in [1.807, 2.05) is 23.1 Å². The maximum absolute atomic E-state index is 12.5. The van der Waals surface area contributed by atoms with Crippen LogP contribution in [0.2, 0.25) is 0 Å². The number of aryl methyl sites for hydroxylation is 1. The monoisotopic (exact) mass is 339 g/mol. The molecule has 25 heavy (non-hydrogen) atoms. The van der Waals surface area contributed by atoms with Gasteiger partial charge in [-0.05, 0) is 43.4 Å². The van der Waals surface area contributed by atoms with E-state index in [0.717, 1.165) is 51.0 Å². The fourth-order valence-electron chi connectivity index (χ4n) is 2.81. The lowest BCUT2D eigenvalue weighted by molar-refractivity contribution is 0.0749. The third-order valence-corrected chi connectivity index (χ3v) is 4.07. The second kappa shape index (κ2) is 10.5. The van der Waals surface area contributed by atoms with E-state index >= 15 is 0 Å². The van der Waals surface area contributed by atoms with E-state index in [1.54, 1.807) is 6.20 Å². The van der Waals surface area contributed by atoms with Gasteiger partial charge >= 0.3 is 0 Å². The Kier molecular flexibility index (Phi) is 7.96. The van der Waals surface area contributed by atoms with Crippen LogP contribution in [-0.2, 0) is 6.42 Å². The summed E-state index contributed by atoms with van der Waals surface area (Å²) in [4.78, 5) is 18.7. The van der Waals surface area contributed by atoms with Crippen molar-refractivity contribution in [1.82, 2.24) is 9.88 Å². The molecular weight excluding hydrogens is 310 g/mol. The van der Waals surface area contributed by atoms with Crippen LogP contribution in [-0.4, -0.2) is 35.4 Å². The molecule has 0 saturated heterocycles. The predicted octanol–water partition coefficient (Wildman–Crippen LogP) is 4.39. The van der Waals surface area contributed by atoms with Crippen LogP contribution in [0.25, 0.3) is 0 Å². The third kappa shape index (κ3) is 6.22. The minimum absolute atomic E-state index is 0.0272. The Morgan fingerprint density at radius 3 is 2.36 bits per heavy atom. The highest BCUT2D eigenvalue weighted by atomic mass is 16.2. The van der Waals surface area contributed by atoms with Gasteiger partial charge in [0.25, 0.3) is 5.91 Å². The van der Waals surface area contributed by atoms with Crippen molar-refractivity contribution in [2.75, 3.05) is 25.0 Å². The Morgan fingerprint density at radius 2 is 1.76 bits per heavy atom. The summed E-state index contributed by atoms with van der Waals surface area (Å²) < 4.78 is 0. The third-order valence-electron chi connectivity index (χ3n) is 4.07. The number of nitrogens with one attached hydrogen (secondary N) is 1. The second-order valence-electron chi connectivity index (χ2n) is 6.24. The molecule has 0 radical (unpaired) electrons. The molecule has 0 aliphatic carbocycles. The fourth-order valence-corrected chi connectivity index (χ4v) is 2.81. The zero-order valence-corrected chi connectivity index (χ0v) is 15.4. The zero-order valence-electron chi connectivity index (χ0n) is 15.4. The molecule has 1 aromatic heterocycles. The normalized spacial score (nSPS) is 10.5. The quantitative estimate of drug-likeness (QED) is 0.653. The molecule has 2 aromatic rings. The molecule has 1 aromatic carbocycles. The maximum Gasteiger partial charge on any atom is 0.272 e. The highest BCUT2D eigenvalue weighted by molar-refractivity contribution is 5.92. The van der Waals surface area contributed by atoms with Crippen LogP contribution >= 0.6 is 0 Å². The number of carbonyl (C=O) groups excluding carboxylic acids is 1. The standard InChI is InChI=1S/C21H29N3O/c1-3-15-24(16-4-2)21(25)20-13-12-19(17-23-20)22-14-8-11-18-9-6-5-7-10-18/h5-7,9-10,12-13,17,22H,3-4,8,11,14-16H2,1-2H3. The van der Waals surface area contributed by atoms with Crippen molar-refractivity contribution in [2.24, 2.45) is 0 Å². The van der Waals surface area contributed by atoms with Crippen molar-refractivity contribution in [3.8, 4) is 0 Å². The lowest BCUT2D eigenvalue weighted by Crippen LogP contribution is -2.33. The minimum Gasteiger partial charge on any atom is -0.384 e. The molecule has 0 aliphatic heterocycles. The van der Waals surface area contributed by atoms with Crippen molar-refractivity contribution < 1.29 is 4.79 Å². The molecule has 4 nitrogen and oxygen atoms in total. The molecule has 0 spiro atoms. The van der Waals surface area contributed by atoms with E-state index in [4.69, 9.17) is 0 Å². The average molecular weight is 339 g/mol. The van der Waals surface area contributed by atoms with Gasteiger partial charge in [-0.3, -0.25) is 4.79 Å². The SMILES string of the molecule is CCCN(CCC)C(=O)c1ccc(NCCCc2ccccc2)cn1. The Bertz CT molecular complexity index is 619. The summed E-state index contributed by atoms with van der Waals surface area (Å²) in [5.74, 6) is 0.0272. The molecule has 134 valence electrons. The van der Waals surface area contributed by atoms with Gasteiger partial charge in [0.15, 0.2) is 0 Å². The minimum atomic E-state index is 0.0272. The van der Waals surface area contributed by atoms with Crippen LogP contribution < -0.4 is 5.32 Å². The highest BCUT2D eigenvalue weighted by Gasteiger charge is 2.15. The molecule has 1 heterocycles. The van der Waals surface area contributed by atoms with Crippen molar-refractivity contribution in [1.29, 1.82) is 0 Å². The molecule has 0 fully saturated rings. The number of benzene rings is 1. The van der Waals surface area contributed by atoms with Crippen LogP contribution in [0, 0.1) is 0 Å². The lowest BCUT2D eigenvalue weighted by atomic mass is 10.1. The van der Waals surface area contributed by atoms with Gasteiger partial charge < -0.3 is 10.2 Å². The summed E-state index contributed by atoms with van der Waals surface area (Å²) in [5, 5.41) is 3.37. The van der Waals surface area contributed by atoms with Crippen molar-refractivity contribution in [3.05, 3.63) is 59.9 Å². The molecule has 0 bridgehead atoms. The van der Waals surface area contributed by atoms with E-state index in [2.05, 4.69) is 48.4 Å². The van der Waals surface area contributed by atoms with Gasteiger partial charge in [-0.25, -0.2) is 4.98 Å². The van der Waals surface area contributed by atoms with E-state index < -0.39 is 0 Å². The summed E-state index contributed by atoms with van der Waals surface area (Å²) in [7, 11) is 0. The van der Waals surface area contributed by atoms with Gasteiger partial charge in [0, 0.05) is 19.6 Å². The molecule has 0 unspecified atom stereocenters. The van der Waals surface area contributed by atoms with Crippen molar-refractivity contribution in [3.63, 3.8) is 0 Å². The fraction of sp³-hybridized carbons (Fsp3) is 0.429. The van der Waals surface area contributed by atoms with Crippen LogP contribution in [0.3, 0.4) is 0 Å². The van der Waals surface area contributed by atoms with E-state index in [0.29, 0.717) is 5.69 Å². The summed E-state index contributed by atoms with van der Waals surface area (Å²) in [5.41, 5.74) is 2.84. The van der Waals surface area contributed by atoms with E-state index in [1.165, 1.54) is 5.56 Å². The van der Waals surface area contributed by atoms with Crippen LogP contribution in [0.5, 0.6) is 0 Å². The number of hydrogen-bond donors (Lipinski definition) is 1. The van der Waals surface area contributed by atoms with Crippen molar-refractivity contribution in [2.45, 2.75) is 39.5 Å². The predicted molar refractivity (Wildman–Crippen MR) is 104 cm³/mol. The molecule has 2 rings (SSSR count). The highest BCUT2D eigenvalue weighted by Crippen LogP contribution is 2.10. The summed E-state index contributed by atoms with van der Waals surface area (Å²) in [6.45, 7) is 6.64. The Hall–Kier alpha value is -2.36. The Morgan fingerprint density at radius 1 is 1.04 bits per heavy atom. The van der Waals surface area contributed by atoms with Crippen LogP contribution in [0.15, 0.2) is 48.7 Å². The molecule has 0 atom stereocenters. The van der Waals surface area contributed by atoms with Crippen LogP contribution in [0.1, 0.15) is 49.2 Å². The molecular formula is C21H29N3O. The van der Waals surface area contributed by atoms with Crippen molar-refractivity contribution >= 4 is 11.6 Å². The summed E-state index contributed by atoms with van der Waals surface area (Å²) >= 11 is 0. The van der Waals surface area contributed by atoms with E-state index in [9.17, 15) is 4.79 Å². The average Bonchev–Trinajstić information content (AvgIpc) is 2.66. The summed E-state index contributed by atoms with van der Waals surface area (Å²) in [6, 6.07) is 14.3. The van der Waals surface area contributed by atoms with Gasteiger partial charge in [-0.15, -0.1) is 0 Å². The maximum atomic E-state index is 12.5. The van der Waals surface area contributed by atoms with Gasteiger partial charge in [0.05, 0.1) is 11.9 Å². The first kappa shape index (κ1) is 19.0. The number of nitrogens with zero attached hydrogens (tertiary/aromatic N) is 2. The van der Waals surface area contributed by atoms with Gasteiger partial charge in [0.1, 0.15) is 5.69 Å². The largest absolute Gasteiger partial charge is 0.384 e.